The molecule has 2 aliphatic heterocycles. The van der Waals surface area contributed by atoms with Crippen LogP contribution in [0.1, 0.15) is 62.1 Å². The van der Waals surface area contributed by atoms with Crippen LogP contribution < -0.4 is 11.1 Å². The standard InChI is InChI=1S/C35H42N4O6/c1-3-28-35(32(42)43,29(33(2,31(40)41)30(36)37-28)24-11-10-16-27(23-24)39(44)45)19-22-38-20-17-34(18-21-38,25-12-6-4-7-13-25)26-14-8-5-9-15-26/h4-16,23,28-30,37H,3,17-22,36H2,1-2H3,(H,40,41)(H,42,43). The lowest BCUT2D eigenvalue weighted by Crippen LogP contribution is -2.72. The van der Waals surface area contributed by atoms with Crippen LogP contribution >= 0.6 is 0 Å². The van der Waals surface area contributed by atoms with Gasteiger partial charge in [0.05, 0.1) is 16.5 Å². The molecule has 238 valence electrons. The van der Waals surface area contributed by atoms with Gasteiger partial charge in [0.15, 0.2) is 0 Å². The molecule has 2 heterocycles. The highest BCUT2D eigenvalue weighted by molar-refractivity contribution is 5.84. The molecule has 5 rings (SSSR count). The number of nitrogens with two attached hydrogens (primary N) is 1. The molecule has 2 saturated heterocycles. The van der Waals surface area contributed by atoms with Gasteiger partial charge >= 0.3 is 11.9 Å². The van der Waals surface area contributed by atoms with Gasteiger partial charge in [0.25, 0.3) is 5.69 Å². The summed E-state index contributed by atoms with van der Waals surface area (Å²) in [5.41, 5.74) is 5.48. The van der Waals surface area contributed by atoms with Crippen molar-refractivity contribution in [2.45, 2.75) is 63.1 Å². The minimum absolute atomic E-state index is 0.139. The van der Waals surface area contributed by atoms with Crippen molar-refractivity contribution in [3.8, 4) is 0 Å². The van der Waals surface area contributed by atoms with E-state index in [1.54, 1.807) is 6.07 Å². The van der Waals surface area contributed by atoms with E-state index >= 15 is 0 Å². The predicted molar refractivity (Wildman–Crippen MR) is 171 cm³/mol. The van der Waals surface area contributed by atoms with E-state index in [1.165, 1.54) is 36.2 Å². The molecule has 10 nitrogen and oxygen atoms in total. The Bertz CT molecular complexity index is 1490. The normalized spacial score (nSPS) is 28.3. The number of hydrogen-bond acceptors (Lipinski definition) is 7. The molecule has 0 spiro atoms. The topological polar surface area (TPSA) is 159 Å². The number of rotatable bonds is 10. The van der Waals surface area contributed by atoms with Crippen LogP contribution in [0, 0.1) is 20.9 Å². The number of aliphatic carboxylic acids is 2. The number of carboxylic acids is 2. The average molecular weight is 615 g/mol. The molecule has 2 aliphatic rings. The number of nitro benzene ring substituents is 1. The Morgan fingerprint density at radius 3 is 2.02 bits per heavy atom. The Balaban J connectivity index is 1.51. The molecule has 0 bridgehead atoms. The lowest BCUT2D eigenvalue weighted by atomic mass is 9.51. The molecular formula is C35H42N4O6. The van der Waals surface area contributed by atoms with E-state index in [1.807, 2.05) is 19.1 Å². The summed E-state index contributed by atoms with van der Waals surface area (Å²) in [5.74, 6) is -3.54. The highest BCUT2D eigenvalue weighted by atomic mass is 16.6. The Hall–Kier alpha value is -4.12. The van der Waals surface area contributed by atoms with Crippen molar-refractivity contribution in [2.75, 3.05) is 19.6 Å². The second kappa shape index (κ2) is 12.7. The van der Waals surface area contributed by atoms with Gasteiger partial charge in [0.2, 0.25) is 0 Å². The molecule has 0 radical (unpaired) electrons. The Kier molecular flexibility index (Phi) is 9.11. The van der Waals surface area contributed by atoms with E-state index < -0.39 is 45.8 Å². The van der Waals surface area contributed by atoms with Gasteiger partial charge in [0.1, 0.15) is 5.41 Å². The SMILES string of the molecule is CCC1NC(N)C(C)(C(=O)O)C(c2cccc([N+](=O)[O-])c2)C1(CCN1CCC(c2ccccc2)(c2ccccc2)CC1)C(=O)O. The van der Waals surface area contributed by atoms with Crippen LogP contribution in [0.15, 0.2) is 84.9 Å². The largest absolute Gasteiger partial charge is 0.481 e. The molecule has 0 aromatic heterocycles. The van der Waals surface area contributed by atoms with Crippen LogP contribution in [0.3, 0.4) is 0 Å². The first-order valence-corrected chi connectivity index (χ1v) is 15.6. The predicted octanol–water partition coefficient (Wildman–Crippen LogP) is 4.98. The second-order valence-electron chi connectivity index (χ2n) is 12.7. The van der Waals surface area contributed by atoms with E-state index in [0.717, 1.165) is 25.9 Å². The van der Waals surface area contributed by atoms with Crippen LogP contribution in [0.25, 0.3) is 0 Å². The van der Waals surface area contributed by atoms with E-state index in [2.05, 4.69) is 58.7 Å². The number of carboxylic acid groups (broad SMARTS) is 2. The first-order chi connectivity index (χ1) is 21.5. The van der Waals surface area contributed by atoms with Gasteiger partial charge in [-0.05, 0) is 68.9 Å². The van der Waals surface area contributed by atoms with Crippen molar-refractivity contribution in [3.63, 3.8) is 0 Å². The Morgan fingerprint density at radius 1 is 0.956 bits per heavy atom. The van der Waals surface area contributed by atoms with E-state index in [0.29, 0.717) is 13.0 Å². The molecule has 0 amide bonds. The molecular weight excluding hydrogens is 572 g/mol. The van der Waals surface area contributed by atoms with Gasteiger partial charge in [-0.3, -0.25) is 25.0 Å². The summed E-state index contributed by atoms with van der Waals surface area (Å²) in [6.07, 6.45) is 1.11. The van der Waals surface area contributed by atoms with Gasteiger partial charge < -0.3 is 20.8 Å². The summed E-state index contributed by atoms with van der Waals surface area (Å²) in [7, 11) is 0. The van der Waals surface area contributed by atoms with Crippen LogP contribution in [-0.2, 0) is 15.0 Å². The summed E-state index contributed by atoms with van der Waals surface area (Å²) in [6.45, 7) is 5.17. The van der Waals surface area contributed by atoms with Crippen LogP contribution in [0.5, 0.6) is 0 Å². The number of nitro groups is 1. The van der Waals surface area contributed by atoms with Crippen LogP contribution in [0.2, 0.25) is 0 Å². The molecule has 3 aromatic rings. The van der Waals surface area contributed by atoms with Crippen molar-refractivity contribution >= 4 is 17.6 Å². The molecule has 0 aliphatic carbocycles. The molecule has 5 N–H and O–H groups in total. The summed E-state index contributed by atoms with van der Waals surface area (Å²) in [4.78, 5) is 40.0. The number of piperidine rings is 2. The lowest BCUT2D eigenvalue weighted by Gasteiger charge is -2.57. The minimum atomic E-state index is -1.77. The van der Waals surface area contributed by atoms with Crippen molar-refractivity contribution in [1.29, 1.82) is 0 Å². The van der Waals surface area contributed by atoms with E-state index in [9.17, 15) is 29.9 Å². The molecule has 2 fully saturated rings. The third kappa shape index (κ3) is 5.51. The maximum absolute atomic E-state index is 13.6. The maximum Gasteiger partial charge on any atom is 0.312 e. The summed E-state index contributed by atoms with van der Waals surface area (Å²) in [5, 5.41) is 36.6. The number of carbonyl (C=O) groups is 2. The van der Waals surface area contributed by atoms with Crippen molar-refractivity contribution in [2.24, 2.45) is 16.6 Å². The number of hydrogen-bond donors (Lipinski definition) is 4. The average Bonchev–Trinajstić information content (AvgIpc) is 3.05. The van der Waals surface area contributed by atoms with Gasteiger partial charge in [-0.2, -0.15) is 0 Å². The second-order valence-corrected chi connectivity index (χ2v) is 12.7. The number of non-ortho nitro benzene ring substituents is 1. The quantitative estimate of drug-likeness (QED) is 0.182. The fraction of sp³-hybridized carbons (Fsp3) is 0.429. The van der Waals surface area contributed by atoms with Gasteiger partial charge in [-0.25, -0.2) is 0 Å². The van der Waals surface area contributed by atoms with Crippen LogP contribution in [0.4, 0.5) is 5.69 Å². The first kappa shape index (κ1) is 32.3. The number of nitrogens with one attached hydrogen (secondary N) is 1. The fourth-order valence-corrected chi connectivity index (χ4v) is 8.11. The first-order valence-electron chi connectivity index (χ1n) is 15.6. The zero-order chi connectivity index (χ0) is 32.4. The molecule has 0 saturated carbocycles. The smallest absolute Gasteiger partial charge is 0.312 e. The zero-order valence-corrected chi connectivity index (χ0v) is 25.8. The monoisotopic (exact) mass is 614 g/mol. The number of likely N-dealkylation sites (tertiary alicyclic amines) is 1. The molecule has 10 heteroatoms. The van der Waals surface area contributed by atoms with Crippen molar-refractivity contribution in [3.05, 3.63) is 112 Å². The van der Waals surface area contributed by atoms with Crippen LogP contribution in [-0.4, -0.2) is 63.8 Å². The third-order valence-corrected chi connectivity index (χ3v) is 10.6. The molecule has 45 heavy (non-hydrogen) atoms. The van der Waals surface area contributed by atoms with E-state index in [4.69, 9.17) is 5.73 Å². The Labute approximate surface area is 263 Å². The van der Waals surface area contributed by atoms with Gasteiger partial charge in [-0.1, -0.05) is 79.7 Å². The molecule has 5 atom stereocenters. The maximum atomic E-state index is 13.6. The summed E-state index contributed by atoms with van der Waals surface area (Å²) < 4.78 is 0. The highest BCUT2D eigenvalue weighted by Gasteiger charge is 2.66. The lowest BCUT2D eigenvalue weighted by molar-refractivity contribution is -0.385. The molecule has 3 aromatic carbocycles. The number of nitrogens with zero attached hydrogens (tertiary/aromatic N) is 2. The van der Waals surface area contributed by atoms with Crippen molar-refractivity contribution < 1.29 is 24.7 Å². The number of benzene rings is 3. The zero-order valence-electron chi connectivity index (χ0n) is 25.8. The Morgan fingerprint density at radius 2 is 1.53 bits per heavy atom. The van der Waals surface area contributed by atoms with Gasteiger partial charge in [0, 0.05) is 29.5 Å². The van der Waals surface area contributed by atoms with E-state index in [-0.39, 0.29) is 23.1 Å². The summed E-state index contributed by atoms with van der Waals surface area (Å²) >= 11 is 0. The van der Waals surface area contributed by atoms with Crippen molar-refractivity contribution in [1.82, 2.24) is 10.2 Å². The minimum Gasteiger partial charge on any atom is -0.481 e. The third-order valence-electron chi connectivity index (χ3n) is 10.6. The van der Waals surface area contributed by atoms with Gasteiger partial charge in [-0.15, -0.1) is 0 Å². The molecule has 5 unspecified atom stereocenters. The summed E-state index contributed by atoms with van der Waals surface area (Å²) in [6, 6.07) is 26.0. The highest BCUT2D eigenvalue weighted by Crippen LogP contribution is 2.57. The fourth-order valence-electron chi connectivity index (χ4n) is 8.11.